The molecule has 2 aromatic carbocycles. The Hall–Kier alpha value is -2.69. The fourth-order valence-electron chi connectivity index (χ4n) is 2.59. The summed E-state index contributed by atoms with van der Waals surface area (Å²) in [7, 11) is 0. The van der Waals surface area contributed by atoms with Gasteiger partial charge in [0.05, 0.1) is 11.0 Å². The summed E-state index contributed by atoms with van der Waals surface area (Å²) in [6, 6.07) is 11.7. The van der Waals surface area contributed by atoms with Crippen molar-refractivity contribution in [3.8, 4) is 0 Å². The van der Waals surface area contributed by atoms with Gasteiger partial charge in [0.2, 0.25) is 0 Å². The van der Waals surface area contributed by atoms with Gasteiger partial charge in [0, 0.05) is 17.7 Å². The molecule has 0 saturated heterocycles. The molecule has 1 N–H and O–H groups in total. The van der Waals surface area contributed by atoms with Gasteiger partial charge in [-0.1, -0.05) is 30.7 Å². The van der Waals surface area contributed by atoms with Crippen molar-refractivity contribution in [3.05, 3.63) is 74.8 Å². The quantitative estimate of drug-likeness (QED) is 0.667. The lowest BCUT2D eigenvalue weighted by molar-refractivity contribution is -0.384. The minimum Gasteiger partial charge on any atom is -0.345 e. The number of hydrogen-bond donors (Lipinski definition) is 1. The van der Waals surface area contributed by atoms with Crippen molar-refractivity contribution in [1.29, 1.82) is 0 Å². The minimum atomic E-state index is -0.480. The molecular formula is C18H20N2O3. The molecule has 2 rings (SSSR count). The van der Waals surface area contributed by atoms with E-state index in [1.807, 2.05) is 32.9 Å². The van der Waals surface area contributed by atoms with Crippen LogP contribution in [0.15, 0.2) is 42.5 Å². The average Bonchev–Trinajstić information content (AvgIpc) is 2.53. The lowest BCUT2D eigenvalue weighted by atomic mass is 9.97. The van der Waals surface area contributed by atoms with Crippen molar-refractivity contribution in [1.82, 2.24) is 5.32 Å². The largest absolute Gasteiger partial charge is 0.345 e. The predicted octanol–water partition coefficient (Wildman–Crippen LogP) is 4.09. The van der Waals surface area contributed by atoms with E-state index in [2.05, 4.69) is 11.4 Å². The Bertz CT molecular complexity index is 724. The van der Waals surface area contributed by atoms with Crippen molar-refractivity contribution < 1.29 is 9.72 Å². The van der Waals surface area contributed by atoms with Crippen LogP contribution in [0.5, 0.6) is 0 Å². The smallest absolute Gasteiger partial charge is 0.269 e. The SMILES string of the molecule is CCC(NC(=O)c1ccc([N+](=O)[O-])cc1)c1ccc(C)cc1C. The third kappa shape index (κ3) is 3.94. The number of nitrogens with zero attached hydrogens (tertiary/aromatic N) is 1. The number of carbonyl (C=O) groups is 1. The van der Waals surface area contributed by atoms with Crippen LogP contribution >= 0.6 is 0 Å². The van der Waals surface area contributed by atoms with Gasteiger partial charge in [0.15, 0.2) is 0 Å². The van der Waals surface area contributed by atoms with Crippen molar-refractivity contribution in [2.45, 2.75) is 33.2 Å². The highest BCUT2D eigenvalue weighted by Gasteiger charge is 2.16. The van der Waals surface area contributed by atoms with Gasteiger partial charge < -0.3 is 5.32 Å². The van der Waals surface area contributed by atoms with Crippen LogP contribution in [0.25, 0.3) is 0 Å². The fraction of sp³-hybridized carbons (Fsp3) is 0.278. The first-order chi connectivity index (χ1) is 10.9. The highest BCUT2D eigenvalue weighted by Crippen LogP contribution is 2.22. The van der Waals surface area contributed by atoms with Gasteiger partial charge in [-0.15, -0.1) is 0 Å². The molecule has 23 heavy (non-hydrogen) atoms. The van der Waals surface area contributed by atoms with Crippen LogP contribution in [0.2, 0.25) is 0 Å². The highest BCUT2D eigenvalue weighted by atomic mass is 16.6. The zero-order chi connectivity index (χ0) is 17.0. The summed E-state index contributed by atoms with van der Waals surface area (Å²) in [5, 5.41) is 13.7. The lowest BCUT2D eigenvalue weighted by Crippen LogP contribution is -2.28. The maximum absolute atomic E-state index is 12.4. The van der Waals surface area contributed by atoms with Crippen LogP contribution in [0.1, 0.15) is 46.4 Å². The van der Waals surface area contributed by atoms with E-state index < -0.39 is 4.92 Å². The van der Waals surface area contributed by atoms with Crippen molar-refractivity contribution in [3.63, 3.8) is 0 Å². The second kappa shape index (κ2) is 7.05. The zero-order valence-electron chi connectivity index (χ0n) is 13.5. The van der Waals surface area contributed by atoms with E-state index in [0.717, 1.165) is 17.5 Å². The molecular weight excluding hydrogens is 292 g/mol. The van der Waals surface area contributed by atoms with Gasteiger partial charge in [0.25, 0.3) is 11.6 Å². The summed E-state index contributed by atoms with van der Waals surface area (Å²) in [5.74, 6) is -0.230. The predicted molar refractivity (Wildman–Crippen MR) is 89.5 cm³/mol. The second-order valence-corrected chi connectivity index (χ2v) is 5.60. The molecule has 0 bridgehead atoms. The van der Waals surface area contributed by atoms with E-state index in [4.69, 9.17) is 0 Å². The van der Waals surface area contributed by atoms with Gasteiger partial charge in [-0.05, 0) is 43.5 Å². The molecule has 120 valence electrons. The van der Waals surface area contributed by atoms with Gasteiger partial charge in [0.1, 0.15) is 0 Å². The maximum atomic E-state index is 12.4. The molecule has 5 nitrogen and oxygen atoms in total. The van der Waals surface area contributed by atoms with Crippen molar-refractivity contribution >= 4 is 11.6 Å². The Morgan fingerprint density at radius 2 is 1.83 bits per heavy atom. The van der Waals surface area contributed by atoms with E-state index in [-0.39, 0.29) is 17.6 Å². The number of amides is 1. The van der Waals surface area contributed by atoms with E-state index in [1.54, 1.807) is 0 Å². The monoisotopic (exact) mass is 312 g/mol. The Morgan fingerprint density at radius 1 is 1.17 bits per heavy atom. The summed E-state index contributed by atoms with van der Waals surface area (Å²) >= 11 is 0. The average molecular weight is 312 g/mol. The standard InChI is InChI=1S/C18H20N2O3/c1-4-17(16-10-5-12(2)11-13(16)3)19-18(21)14-6-8-15(9-7-14)20(22)23/h5-11,17H,4H2,1-3H3,(H,19,21). The lowest BCUT2D eigenvalue weighted by Gasteiger charge is -2.20. The summed E-state index contributed by atoms with van der Waals surface area (Å²) in [6.07, 6.45) is 0.766. The Balaban J connectivity index is 2.17. The first-order valence-electron chi connectivity index (χ1n) is 7.54. The molecule has 5 heteroatoms. The Kier molecular flexibility index (Phi) is 5.11. The van der Waals surface area contributed by atoms with Crippen molar-refractivity contribution in [2.24, 2.45) is 0 Å². The number of rotatable bonds is 5. The number of carbonyl (C=O) groups excluding carboxylic acids is 1. The molecule has 0 saturated carbocycles. The van der Waals surface area contributed by atoms with E-state index in [9.17, 15) is 14.9 Å². The Labute approximate surface area is 135 Å². The van der Waals surface area contributed by atoms with E-state index >= 15 is 0 Å². The molecule has 2 aromatic rings. The van der Waals surface area contributed by atoms with Gasteiger partial charge in [-0.3, -0.25) is 14.9 Å². The third-order valence-electron chi connectivity index (χ3n) is 3.85. The van der Waals surface area contributed by atoms with Crippen molar-refractivity contribution in [2.75, 3.05) is 0 Å². The molecule has 0 radical (unpaired) electrons. The molecule has 0 aliphatic carbocycles. The molecule has 0 spiro atoms. The second-order valence-electron chi connectivity index (χ2n) is 5.60. The highest BCUT2D eigenvalue weighted by molar-refractivity contribution is 5.94. The topological polar surface area (TPSA) is 72.2 Å². The number of non-ortho nitro benzene ring substituents is 1. The number of hydrogen-bond acceptors (Lipinski definition) is 3. The molecule has 1 amide bonds. The molecule has 0 aromatic heterocycles. The van der Waals surface area contributed by atoms with Crippen LogP contribution in [0.3, 0.4) is 0 Å². The number of nitrogens with one attached hydrogen (secondary N) is 1. The van der Waals surface area contributed by atoms with Crippen LogP contribution < -0.4 is 5.32 Å². The zero-order valence-corrected chi connectivity index (χ0v) is 13.5. The summed E-state index contributed by atoms with van der Waals surface area (Å²) in [5.41, 5.74) is 3.80. The first-order valence-corrected chi connectivity index (χ1v) is 7.54. The third-order valence-corrected chi connectivity index (χ3v) is 3.85. The normalized spacial score (nSPS) is 11.8. The van der Waals surface area contributed by atoms with E-state index in [1.165, 1.54) is 29.8 Å². The molecule has 0 heterocycles. The number of nitro benzene ring substituents is 1. The van der Waals surface area contributed by atoms with Gasteiger partial charge in [-0.2, -0.15) is 0 Å². The minimum absolute atomic E-state index is 0.0250. The van der Waals surface area contributed by atoms with Gasteiger partial charge >= 0.3 is 0 Å². The molecule has 1 unspecified atom stereocenters. The van der Waals surface area contributed by atoms with Crippen LogP contribution in [0, 0.1) is 24.0 Å². The van der Waals surface area contributed by atoms with E-state index in [0.29, 0.717) is 5.56 Å². The summed E-state index contributed by atoms with van der Waals surface area (Å²) in [6.45, 7) is 6.08. The summed E-state index contributed by atoms with van der Waals surface area (Å²) in [4.78, 5) is 22.5. The molecule has 0 aliphatic rings. The molecule has 0 fully saturated rings. The Morgan fingerprint density at radius 3 is 2.35 bits per heavy atom. The number of aryl methyl sites for hydroxylation is 2. The fourth-order valence-corrected chi connectivity index (χ4v) is 2.59. The molecule has 1 atom stereocenters. The maximum Gasteiger partial charge on any atom is 0.269 e. The molecule has 0 aliphatic heterocycles. The van der Waals surface area contributed by atoms with Crippen LogP contribution in [0.4, 0.5) is 5.69 Å². The van der Waals surface area contributed by atoms with Crippen LogP contribution in [-0.4, -0.2) is 10.8 Å². The number of nitro groups is 1. The number of benzene rings is 2. The first kappa shape index (κ1) is 16.7. The van der Waals surface area contributed by atoms with Crippen LogP contribution in [-0.2, 0) is 0 Å². The summed E-state index contributed by atoms with van der Waals surface area (Å²) < 4.78 is 0. The van der Waals surface area contributed by atoms with Gasteiger partial charge in [-0.25, -0.2) is 0 Å².